The molecule has 0 atom stereocenters. The van der Waals surface area contributed by atoms with Crippen LogP contribution < -0.4 is 0 Å². The second-order valence-electron chi connectivity index (χ2n) is 7.55. The molecule has 158 valence electrons. The summed E-state index contributed by atoms with van der Waals surface area (Å²) < 4.78 is 9.36. The number of fused-ring (bicyclic) bond motifs is 6. The summed E-state index contributed by atoms with van der Waals surface area (Å²) in [6.07, 6.45) is 0. The largest absolute Gasteiger partial charge is 0.435 e. The Morgan fingerprint density at radius 3 is 2.39 bits per heavy atom. The fourth-order valence-electron chi connectivity index (χ4n) is 4.12. The molecule has 0 aliphatic rings. The van der Waals surface area contributed by atoms with Gasteiger partial charge >= 0.3 is 0 Å². The predicted molar refractivity (Wildman–Crippen MR) is 131 cm³/mol. The number of nitro groups is 1. The molecule has 7 rings (SSSR count). The minimum absolute atomic E-state index is 0.0673. The number of hydrogen-bond acceptors (Lipinski definition) is 7. The van der Waals surface area contributed by atoms with Gasteiger partial charge in [0.1, 0.15) is 10.4 Å². The van der Waals surface area contributed by atoms with Crippen molar-refractivity contribution in [2.75, 3.05) is 0 Å². The van der Waals surface area contributed by atoms with Gasteiger partial charge in [-0.15, -0.1) is 11.3 Å². The number of benzene rings is 3. The SMILES string of the molecule is O=[N+]([O-])c1ccc(-c2sc(-c3nc4ccccc4o3)c3c2sc2nc4ccccc4n23)cc1. The van der Waals surface area contributed by atoms with Gasteiger partial charge in [0.2, 0.25) is 5.89 Å². The van der Waals surface area contributed by atoms with Crippen molar-refractivity contribution in [1.29, 1.82) is 0 Å². The molecule has 4 aromatic heterocycles. The third-order valence-electron chi connectivity index (χ3n) is 5.62. The number of thiazole rings is 1. The Kier molecular flexibility index (Phi) is 3.76. The summed E-state index contributed by atoms with van der Waals surface area (Å²) >= 11 is 3.18. The van der Waals surface area contributed by atoms with Crippen LogP contribution in [0.1, 0.15) is 0 Å². The van der Waals surface area contributed by atoms with E-state index in [1.54, 1.807) is 34.8 Å². The van der Waals surface area contributed by atoms with Gasteiger partial charge < -0.3 is 4.42 Å². The molecule has 0 saturated heterocycles. The quantitative estimate of drug-likeness (QED) is 0.203. The van der Waals surface area contributed by atoms with E-state index in [9.17, 15) is 10.1 Å². The van der Waals surface area contributed by atoms with Gasteiger partial charge in [0.15, 0.2) is 10.5 Å². The highest BCUT2D eigenvalue weighted by Crippen LogP contribution is 2.48. The number of aromatic nitrogens is 3. The minimum atomic E-state index is -0.386. The van der Waals surface area contributed by atoms with Crippen LogP contribution in [0.5, 0.6) is 0 Å². The number of thiophene rings is 1. The number of nitro benzene ring substituents is 1. The number of non-ortho nitro benzene ring substituents is 1. The van der Waals surface area contributed by atoms with Crippen molar-refractivity contribution in [2.45, 2.75) is 0 Å². The van der Waals surface area contributed by atoms with Crippen LogP contribution in [0.2, 0.25) is 0 Å². The molecule has 0 bridgehead atoms. The lowest BCUT2D eigenvalue weighted by atomic mass is 10.1. The molecular formula is C24H12N4O3S2. The molecular weight excluding hydrogens is 456 g/mol. The first-order valence-corrected chi connectivity index (χ1v) is 11.7. The van der Waals surface area contributed by atoms with Crippen LogP contribution in [-0.4, -0.2) is 19.3 Å². The Labute approximate surface area is 193 Å². The van der Waals surface area contributed by atoms with Crippen LogP contribution in [0.25, 0.3) is 58.5 Å². The summed E-state index contributed by atoms with van der Waals surface area (Å²) in [5.74, 6) is 0.553. The number of para-hydroxylation sites is 4. The average molecular weight is 469 g/mol. The monoisotopic (exact) mass is 468 g/mol. The molecule has 0 unspecified atom stereocenters. The molecule has 7 aromatic rings. The second-order valence-corrected chi connectivity index (χ2v) is 9.55. The summed E-state index contributed by atoms with van der Waals surface area (Å²) in [5, 5.41) is 11.1. The number of oxazole rings is 1. The van der Waals surface area contributed by atoms with Gasteiger partial charge in [-0.1, -0.05) is 35.6 Å². The Morgan fingerprint density at radius 2 is 1.61 bits per heavy atom. The minimum Gasteiger partial charge on any atom is -0.435 e. The van der Waals surface area contributed by atoms with Crippen LogP contribution >= 0.6 is 22.7 Å². The smallest absolute Gasteiger partial charge is 0.269 e. The van der Waals surface area contributed by atoms with Crippen LogP contribution in [0.4, 0.5) is 5.69 Å². The fraction of sp³-hybridized carbons (Fsp3) is 0. The lowest BCUT2D eigenvalue weighted by Gasteiger charge is -1.97. The number of rotatable bonds is 3. The molecule has 0 amide bonds. The normalized spacial score (nSPS) is 11.9. The third kappa shape index (κ3) is 2.66. The summed E-state index contributed by atoms with van der Waals surface area (Å²) in [5.41, 5.74) is 5.44. The van der Waals surface area contributed by atoms with E-state index in [0.717, 1.165) is 52.6 Å². The average Bonchev–Trinajstić information content (AvgIpc) is 3.57. The predicted octanol–water partition coefficient (Wildman–Crippen LogP) is 7.15. The maximum absolute atomic E-state index is 11.1. The molecule has 9 heteroatoms. The molecule has 4 heterocycles. The molecule has 7 nitrogen and oxygen atoms in total. The van der Waals surface area contributed by atoms with Crippen molar-refractivity contribution in [3.05, 3.63) is 82.9 Å². The summed E-state index contributed by atoms with van der Waals surface area (Å²) in [6.45, 7) is 0. The highest BCUT2D eigenvalue weighted by molar-refractivity contribution is 7.30. The summed E-state index contributed by atoms with van der Waals surface area (Å²) in [6, 6.07) is 22.4. The molecule has 0 aliphatic carbocycles. The first-order chi connectivity index (χ1) is 16.2. The van der Waals surface area contributed by atoms with E-state index in [0.29, 0.717) is 5.89 Å². The van der Waals surface area contributed by atoms with Crippen molar-refractivity contribution in [3.8, 4) is 21.2 Å². The van der Waals surface area contributed by atoms with E-state index in [4.69, 9.17) is 14.4 Å². The van der Waals surface area contributed by atoms with Crippen LogP contribution in [0, 0.1) is 10.1 Å². The van der Waals surface area contributed by atoms with Gasteiger partial charge in [-0.3, -0.25) is 14.5 Å². The van der Waals surface area contributed by atoms with E-state index < -0.39 is 0 Å². The molecule has 0 N–H and O–H groups in total. The molecule has 0 fully saturated rings. The molecule has 33 heavy (non-hydrogen) atoms. The lowest BCUT2D eigenvalue weighted by Crippen LogP contribution is -1.86. The van der Waals surface area contributed by atoms with Crippen LogP contribution in [-0.2, 0) is 0 Å². The van der Waals surface area contributed by atoms with Gasteiger partial charge in [0, 0.05) is 12.1 Å². The maximum Gasteiger partial charge on any atom is 0.269 e. The summed E-state index contributed by atoms with van der Waals surface area (Å²) in [4.78, 5) is 23.1. The number of imidazole rings is 1. The van der Waals surface area contributed by atoms with Crippen LogP contribution in [0.15, 0.2) is 77.2 Å². The van der Waals surface area contributed by atoms with Gasteiger partial charge in [0.05, 0.1) is 31.1 Å². The van der Waals surface area contributed by atoms with Gasteiger partial charge in [-0.05, 0) is 42.0 Å². The van der Waals surface area contributed by atoms with E-state index in [1.165, 1.54) is 12.1 Å². The van der Waals surface area contributed by atoms with Crippen molar-refractivity contribution < 1.29 is 9.34 Å². The van der Waals surface area contributed by atoms with Gasteiger partial charge in [-0.25, -0.2) is 9.97 Å². The van der Waals surface area contributed by atoms with E-state index >= 15 is 0 Å². The zero-order valence-electron chi connectivity index (χ0n) is 16.8. The zero-order chi connectivity index (χ0) is 22.1. The fourth-order valence-corrected chi connectivity index (χ4v) is 6.66. The van der Waals surface area contributed by atoms with Crippen molar-refractivity contribution in [2.24, 2.45) is 0 Å². The highest BCUT2D eigenvalue weighted by atomic mass is 32.1. The molecule has 0 radical (unpaired) electrons. The van der Waals surface area contributed by atoms with E-state index in [2.05, 4.69) is 10.5 Å². The third-order valence-corrected chi connectivity index (χ3v) is 8.02. The van der Waals surface area contributed by atoms with Crippen LogP contribution in [0.3, 0.4) is 0 Å². The van der Waals surface area contributed by atoms with Crippen molar-refractivity contribution >= 4 is 65.7 Å². The van der Waals surface area contributed by atoms with E-state index in [-0.39, 0.29) is 10.6 Å². The highest BCUT2D eigenvalue weighted by Gasteiger charge is 2.25. The zero-order valence-corrected chi connectivity index (χ0v) is 18.4. The Balaban J connectivity index is 1.57. The van der Waals surface area contributed by atoms with E-state index in [1.807, 2.05) is 42.5 Å². The summed E-state index contributed by atoms with van der Waals surface area (Å²) in [7, 11) is 0. The Morgan fingerprint density at radius 1 is 0.848 bits per heavy atom. The maximum atomic E-state index is 11.1. The topological polar surface area (TPSA) is 86.5 Å². The molecule has 0 aliphatic heterocycles. The first-order valence-electron chi connectivity index (χ1n) is 10.1. The first kappa shape index (κ1) is 18.5. The Bertz CT molecular complexity index is 1820. The molecule has 0 saturated carbocycles. The van der Waals surface area contributed by atoms with Gasteiger partial charge in [-0.2, -0.15) is 0 Å². The second kappa shape index (κ2) is 6.71. The van der Waals surface area contributed by atoms with Gasteiger partial charge in [0.25, 0.3) is 5.69 Å². The number of hydrogen-bond donors (Lipinski definition) is 0. The molecule has 0 spiro atoms. The Hall–Kier alpha value is -4.08. The van der Waals surface area contributed by atoms with Crippen molar-refractivity contribution in [1.82, 2.24) is 14.4 Å². The van der Waals surface area contributed by atoms with Crippen molar-refractivity contribution in [3.63, 3.8) is 0 Å². The molecule has 3 aromatic carbocycles. The lowest BCUT2D eigenvalue weighted by molar-refractivity contribution is -0.384. The number of nitrogens with zero attached hydrogens (tertiary/aromatic N) is 4. The standard InChI is InChI=1S/C24H12N4O3S2/c29-28(30)14-11-9-13(10-12-14)20-21-19(27-17-7-3-1-5-15(17)26-24(27)33-21)22(32-20)23-25-16-6-2-4-8-18(16)31-23/h1-12H.